The van der Waals surface area contributed by atoms with Crippen LogP contribution in [0.5, 0.6) is 5.88 Å². The second-order valence-electron chi connectivity index (χ2n) is 7.15. The highest BCUT2D eigenvalue weighted by molar-refractivity contribution is 5.25. The average Bonchev–Trinajstić information content (AvgIpc) is 2.40. The van der Waals surface area contributed by atoms with E-state index in [0.29, 0.717) is 0 Å². The summed E-state index contributed by atoms with van der Waals surface area (Å²) in [6.07, 6.45) is 3.23. The van der Waals surface area contributed by atoms with Crippen molar-refractivity contribution in [2.24, 2.45) is 5.92 Å². The minimum Gasteiger partial charge on any atom is -0.478 e. The fraction of sp³-hybridized carbons (Fsp3) is 0.722. The van der Waals surface area contributed by atoms with E-state index in [2.05, 4.69) is 64.0 Å². The summed E-state index contributed by atoms with van der Waals surface area (Å²) < 4.78 is 5.83. The van der Waals surface area contributed by atoms with Gasteiger partial charge in [0.05, 0.1) is 6.61 Å². The summed E-state index contributed by atoms with van der Waals surface area (Å²) >= 11 is 0. The van der Waals surface area contributed by atoms with Gasteiger partial charge in [0.15, 0.2) is 0 Å². The van der Waals surface area contributed by atoms with Crippen molar-refractivity contribution < 1.29 is 4.74 Å². The molecule has 0 saturated heterocycles. The van der Waals surface area contributed by atoms with Crippen molar-refractivity contribution in [1.29, 1.82) is 0 Å². The van der Waals surface area contributed by atoms with Crippen LogP contribution in [0.15, 0.2) is 12.1 Å². The van der Waals surface area contributed by atoms with Gasteiger partial charge in [0.1, 0.15) is 0 Å². The Morgan fingerprint density at radius 1 is 1.24 bits per heavy atom. The molecule has 0 saturated carbocycles. The lowest BCUT2D eigenvalue weighted by Gasteiger charge is -2.21. The maximum atomic E-state index is 5.83. The van der Waals surface area contributed by atoms with Gasteiger partial charge in [-0.3, -0.25) is 0 Å². The van der Waals surface area contributed by atoms with E-state index in [1.54, 1.807) is 0 Å². The summed E-state index contributed by atoms with van der Waals surface area (Å²) in [5.74, 6) is 1.50. The fourth-order valence-corrected chi connectivity index (χ4v) is 2.01. The summed E-state index contributed by atoms with van der Waals surface area (Å²) in [7, 11) is 0. The van der Waals surface area contributed by atoms with E-state index >= 15 is 0 Å². The molecular formula is C18H32N2O. The van der Waals surface area contributed by atoms with Crippen LogP contribution in [0.1, 0.15) is 65.6 Å². The van der Waals surface area contributed by atoms with Crippen LogP contribution < -0.4 is 10.1 Å². The van der Waals surface area contributed by atoms with Gasteiger partial charge in [-0.25, -0.2) is 4.98 Å². The van der Waals surface area contributed by atoms with Crippen LogP contribution in [0.3, 0.4) is 0 Å². The predicted molar refractivity (Wildman–Crippen MR) is 89.8 cm³/mol. The summed E-state index contributed by atoms with van der Waals surface area (Å²) in [5, 5.41) is 3.52. The van der Waals surface area contributed by atoms with Crippen molar-refractivity contribution >= 4 is 0 Å². The zero-order valence-corrected chi connectivity index (χ0v) is 14.6. The van der Waals surface area contributed by atoms with E-state index in [9.17, 15) is 0 Å². The van der Waals surface area contributed by atoms with Gasteiger partial charge in [0, 0.05) is 23.8 Å². The minimum atomic E-state index is 0.119. The molecule has 120 valence electrons. The lowest BCUT2D eigenvalue weighted by Crippen LogP contribution is -2.35. The molecule has 0 aromatic carbocycles. The van der Waals surface area contributed by atoms with Crippen LogP contribution in [0, 0.1) is 5.92 Å². The number of hydrogen-bond donors (Lipinski definition) is 1. The van der Waals surface area contributed by atoms with E-state index in [1.165, 1.54) is 12.0 Å². The topological polar surface area (TPSA) is 34.1 Å². The molecule has 1 aromatic heterocycles. The number of hydrogen-bond acceptors (Lipinski definition) is 3. The Bertz CT molecular complexity index is 422. The number of rotatable bonds is 8. The van der Waals surface area contributed by atoms with Crippen LogP contribution in [-0.4, -0.2) is 17.1 Å². The SMILES string of the molecule is CCc1cc(CNC(C)(C)C)cc(OCCCC(C)C)n1. The Kier molecular flexibility index (Phi) is 7.16. The smallest absolute Gasteiger partial charge is 0.213 e. The maximum Gasteiger partial charge on any atom is 0.213 e. The predicted octanol–water partition coefficient (Wildman–Crippen LogP) is 4.35. The van der Waals surface area contributed by atoms with E-state index in [1.807, 2.05) is 0 Å². The quantitative estimate of drug-likeness (QED) is 0.723. The molecular weight excluding hydrogens is 260 g/mol. The third kappa shape index (κ3) is 8.05. The Hall–Kier alpha value is -1.09. The van der Waals surface area contributed by atoms with E-state index in [0.717, 1.165) is 43.5 Å². The standard InChI is InChI=1S/C18H32N2O/c1-7-16-11-15(13-19-18(4,5)6)12-17(20-16)21-10-8-9-14(2)3/h11-12,14,19H,7-10,13H2,1-6H3. The largest absolute Gasteiger partial charge is 0.478 e. The number of nitrogens with one attached hydrogen (secondary N) is 1. The zero-order valence-electron chi connectivity index (χ0n) is 14.6. The highest BCUT2D eigenvalue weighted by Crippen LogP contribution is 2.15. The third-order valence-electron chi connectivity index (χ3n) is 3.28. The second kappa shape index (κ2) is 8.38. The molecule has 1 heterocycles. The van der Waals surface area contributed by atoms with Gasteiger partial charge in [0.25, 0.3) is 0 Å². The van der Waals surface area contributed by atoms with Gasteiger partial charge >= 0.3 is 0 Å². The van der Waals surface area contributed by atoms with Crippen molar-refractivity contribution in [2.45, 2.75) is 72.9 Å². The first-order valence-electron chi connectivity index (χ1n) is 8.18. The van der Waals surface area contributed by atoms with Crippen LogP contribution in [0.4, 0.5) is 0 Å². The first-order chi connectivity index (χ1) is 9.80. The van der Waals surface area contributed by atoms with Crippen molar-refractivity contribution in [3.63, 3.8) is 0 Å². The highest BCUT2D eigenvalue weighted by Gasteiger charge is 2.10. The van der Waals surface area contributed by atoms with Gasteiger partial charge in [-0.15, -0.1) is 0 Å². The molecule has 0 radical (unpaired) electrons. The average molecular weight is 292 g/mol. The Morgan fingerprint density at radius 2 is 1.95 bits per heavy atom. The molecule has 0 spiro atoms. The van der Waals surface area contributed by atoms with Gasteiger partial charge in [-0.1, -0.05) is 20.8 Å². The second-order valence-corrected chi connectivity index (χ2v) is 7.15. The molecule has 3 heteroatoms. The zero-order chi connectivity index (χ0) is 15.9. The number of ether oxygens (including phenoxy) is 1. The normalized spacial score (nSPS) is 12.0. The van der Waals surface area contributed by atoms with Crippen LogP contribution >= 0.6 is 0 Å². The van der Waals surface area contributed by atoms with E-state index in [-0.39, 0.29) is 5.54 Å². The molecule has 0 aliphatic carbocycles. The van der Waals surface area contributed by atoms with Crippen LogP contribution in [0.25, 0.3) is 0 Å². The molecule has 0 amide bonds. The third-order valence-corrected chi connectivity index (χ3v) is 3.28. The molecule has 0 atom stereocenters. The lowest BCUT2D eigenvalue weighted by molar-refractivity contribution is 0.286. The minimum absolute atomic E-state index is 0.119. The van der Waals surface area contributed by atoms with Crippen LogP contribution in [0.2, 0.25) is 0 Å². The summed E-state index contributed by atoms with van der Waals surface area (Å²) in [5.41, 5.74) is 2.46. The van der Waals surface area contributed by atoms with Crippen molar-refractivity contribution in [2.75, 3.05) is 6.61 Å². The molecule has 3 nitrogen and oxygen atoms in total. The summed E-state index contributed by atoms with van der Waals surface area (Å²) in [4.78, 5) is 4.56. The molecule has 0 unspecified atom stereocenters. The van der Waals surface area contributed by atoms with Gasteiger partial charge in [-0.2, -0.15) is 0 Å². The first kappa shape index (κ1) is 18.0. The van der Waals surface area contributed by atoms with Gasteiger partial charge in [0.2, 0.25) is 5.88 Å². The molecule has 1 N–H and O–H groups in total. The Morgan fingerprint density at radius 3 is 2.52 bits per heavy atom. The number of nitrogens with zero attached hydrogens (tertiary/aromatic N) is 1. The van der Waals surface area contributed by atoms with Gasteiger partial charge in [-0.05, 0) is 57.6 Å². The fourth-order valence-electron chi connectivity index (χ4n) is 2.01. The summed E-state index contributed by atoms with van der Waals surface area (Å²) in [6.45, 7) is 14.8. The monoisotopic (exact) mass is 292 g/mol. The molecule has 0 aliphatic rings. The molecule has 1 rings (SSSR count). The van der Waals surface area contributed by atoms with Crippen molar-refractivity contribution in [3.8, 4) is 5.88 Å². The highest BCUT2D eigenvalue weighted by atomic mass is 16.5. The van der Waals surface area contributed by atoms with Gasteiger partial charge < -0.3 is 10.1 Å². The number of aromatic nitrogens is 1. The Labute approximate surface area is 130 Å². The van der Waals surface area contributed by atoms with Crippen LogP contribution in [-0.2, 0) is 13.0 Å². The molecule has 0 aliphatic heterocycles. The molecule has 0 bridgehead atoms. The van der Waals surface area contributed by atoms with E-state index in [4.69, 9.17) is 4.74 Å². The Balaban J connectivity index is 2.62. The molecule has 21 heavy (non-hydrogen) atoms. The lowest BCUT2D eigenvalue weighted by atomic mass is 10.1. The van der Waals surface area contributed by atoms with Crippen molar-refractivity contribution in [1.82, 2.24) is 10.3 Å². The first-order valence-corrected chi connectivity index (χ1v) is 8.18. The summed E-state index contributed by atoms with van der Waals surface area (Å²) in [6, 6.07) is 4.23. The molecule has 0 fully saturated rings. The van der Waals surface area contributed by atoms with E-state index < -0.39 is 0 Å². The number of aryl methyl sites for hydroxylation is 1. The molecule has 1 aromatic rings. The van der Waals surface area contributed by atoms with Crippen molar-refractivity contribution in [3.05, 3.63) is 23.4 Å². The maximum absolute atomic E-state index is 5.83. The number of pyridine rings is 1.